The molecule has 2 aromatic rings. The summed E-state index contributed by atoms with van der Waals surface area (Å²) in [5.41, 5.74) is 4.69. The molecular weight excluding hydrogens is 348 g/mol. The van der Waals surface area contributed by atoms with Crippen LogP contribution in [0.4, 0.5) is 5.69 Å². The van der Waals surface area contributed by atoms with Crippen LogP contribution in [0.1, 0.15) is 69.4 Å². The summed E-state index contributed by atoms with van der Waals surface area (Å²) >= 11 is 0. The number of pyridine rings is 1. The smallest absolute Gasteiger partial charge is 0.226 e. The Kier molecular flexibility index (Phi) is 4.88. The van der Waals surface area contributed by atoms with E-state index in [0.717, 1.165) is 43.6 Å². The Labute approximate surface area is 168 Å². The minimum atomic E-state index is -0.104. The quantitative estimate of drug-likeness (QED) is 0.844. The number of carbonyl (C=O) groups is 1. The molecule has 1 amide bonds. The number of amides is 1. The number of piperidine rings is 1. The van der Waals surface area contributed by atoms with Gasteiger partial charge in [0.15, 0.2) is 0 Å². The van der Waals surface area contributed by atoms with Crippen LogP contribution in [-0.2, 0) is 11.8 Å². The van der Waals surface area contributed by atoms with Gasteiger partial charge in [-0.1, -0.05) is 12.8 Å². The molecule has 1 unspecified atom stereocenters. The molecule has 1 atom stereocenters. The summed E-state index contributed by atoms with van der Waals surface area (Å²) in [6, 6.07) is 0. The molecule has 5 nitrogen and oxygen atoms in total. The van der Waals surface area contributed by atoms with Gasteiger partial charge in [-0.05, 0) is 63.5 Å². The highest BCUT2D eigenvalue weighted by Crippen LogP contribution is 2.43. The molecule has 28 heavy (non-hydrogen) atoms. The van der Waals surface area contributed by atoms with E-state index < -0.39 is 0 Å². The lowest BCUT2D eigenvalue weighted by Crippen LogP contribution is -2.53. The second-order valence-electron chi connectivity index (χ2n) is 9.41. The first-order chi connectivity index (χ1) is 13.3. The zero-order chi connectivity index (χ0) is 20.1. The van der Waals surface area contributed by atoms with Crippen LogP contribution < -0.4 is 5.32 Å². The summed E-state index contributed by atoms with van der Waals surface area (Å²) in [6.45, 7) is 7.55. The van der Waals surface area contributed by atoms with E-state index in [9.17, 15) is 4.79 Å². The van der Waals surface area contributed by atoms with E-state index >= 15 is 0 Å². The van der Waals surface area contributed by atoms with Crippen LogP contribution in [0.2, 0.25) is 0 Å². The highest BCUT2D eigenvalue weighted by atomic mass is 16.2. The van der Waals surface area contributed by atoms with Crippen molar-refractivity contribution in [2.75, 3.05) is 18.9 Å². The Bertz CT molecular complexity index is 892. The maximum atomic E-state index is 13.1. The number of likely N-dealkylation sites (tertiary alicyclic amines) is 1. The highest BCUT2D eigenvalue weighted by Gasteiger charge is 2.41. The highest BCUT2D eigenvalue weighted by molar-refractivity contribution is 5.88. The number of fused-ring (bicyclic) bond motifs is 1. The number of anilines is 1. The largest absolute Gasteiger partial charge is 0.387 e. The van der Waals surface area contributed by atoms with Crippen LogP contribution in [-0.4, -0.2) is 39.5 Å². The minimum Gasteiger partial charge on any atom is -0.387 e. The Morgan fingerprint density at radius 3 is 2.61 bits per heavy atom. The van der Waals surface area contributed by atoms with Gasteiger partial charge in [-0.2, -0.15) is 0 Å². The molecule has 1 N–H and O–H groups in total. The molecule has 1 aliphatic carbocycles. The Hall–Kier alpha value is -2.04. The lowest BCUT2D eigenvalue weighted by molar-refractivity contribution is -0.143. The fourth-order valence-corrected chi connectivity index (χ4v) is 5.57. The van der Waals surface area contributed by atoms with Crippen molar-refractivity contribution in [3.63, 3.8) is 0 Å². The molecule has 2 aliphatic rings. The summed E-state index contributed by atoms with van der Waals surface area (Å²) in [6.07, 6.45) is 10.8. The number of aryl methyl sites for hydroxylation is 2. The Balaban J connectivity index is 1.64. The van der Waals surface area contributed by atoms with Crippen molar-refractivity contribution in [2.45, 2.75) is 70.8 Å². The molecule has 0 radical (unpaired) electrons. The average molecular weight is 383 g/mol. The predicted octanol–water partition coefficient (Wildman–Crippen LogP) is 4.60. The summed E-state index contributed by atoms with van der Waals surface area (Å²) < 4.78 is 2.15. The number of nitrogens with zero attached hydrogens (tertiary/aromatic N) is 3. The Morgan fingerprint density at radius 1 is 1.25 bits per heavy atom. The van der Waals surface area contributed by atoms with Crippen LogP contribution in [0.3, 0.4) is 0 Å². The van der Waals surface area contributed by atoms with Crippen molar-refractivity contribution >= 4 is 22.6 Å². The first-order valence-electron chi connectivity index (χ1n) is 10.8. The second-order valence-corrected chi connectivity index (χ2v) is 9.41. The molecule has 3 heterocycles. The van der Waals surface area contributed by atoms with E-state index in [2.05, 4.69) is 48.8 Å². The van der Waals surface area contributed by atoms with Gasteiger partial charge in [0, 0.05) is 43.7 Å². The normalized spacial score (nSPS) is 22.8. The number of nitrogens with one attached hydrogen (secondary N) is 1. The first-order valence-corrected chi connectivity index (χ1v) is 10.8. The third-order valence-electron chi connectivity index (χ3n) is 7.13. The van der Waals surface area contributed by atoms with Crippen molar-refractivity contribution in [3.8, 4) is 0 Å². The monoisotopic (exact) mass is 382 g/mol. The third kappa shape index (κ3) is 3.09. The number of hydrogen-bond acceptors (Lipinski definition) is 3. The van der Waals surface area contributed by atoms with Crippen LogP contribution in [0, 0.1) is 12.8 Å². The molecule has 0 bridgehead atoms. The van der Waals surface area contributed by atoms with Crippen LogP contribution in [0.5, 0.6) is 0 Å². The number of carbonyl (C=O) groups excluding carboxylic acids is 1. The van der Waals surface area contributed by atoms with Gasteiger partial charge in [-0.25, -0.2) is 4.98 Å². The van der Waals surface area contributed by atoms with E-state index in [1.807, 2.05) is 13.2 Å². The average Bonchev–Trinajstić information content (AvgIpc) is 3.30. The zero-order valence-electron chi connectivity index (χ0n) is 18.0. The van der Waals surface area contributed by atoms with Crippen molar-refractivity contribution in [3.05, 3.63) is 23.5 Å². The van der Waals surface area contributed by atoms with Crippen molar-refractivity contribution < 1.29 is 4.79 Å². The van der Waals surface area contributed by atoms with Gasteiger partial charge in [0.05, 0.1) is 11.9 Å². The maximum Gasteiger partial charge on any atom is 0.226 e. The van der Waals surface area contributed by atoms with Gasteiger partial charge in [0.25, 0.3) is 0 Å². The lowest BCUT2D eigenvalue weighted by Gasteiger charge is -2.46. The van der Waals surface area contributed by atoms with Gasteiger partial charge >= 0.3 is 0 Å². The standard InChI is InChI=1S/C23H34N4O/c1-15-19(24-4)13-25-21-20(15)18(14-26(21)5)17-10-11-27(23(2,3)12-17)22(28)16-8-6-7-9-16/h13-14,16-17,24H,6-12H2,1-5H3. The van der Waals surface area contributed by atoms with Gasteiger partial charge in [-0.15, -0.1) is 0 Å². The molecule has 0 aromatic carbocycles. The first kappa shape index (κ1) is 19.3. The SMILES string of the molecule is CNc1cnc2c(c(C3CCN(C(=O)C4CCCC4)C(C)(C)C3)cn2C)c1C. The maximum absolute atomic E-state index is 13.1. The number of hydrogen-bond donors (Lipinski definition) is 1. The van der Waals surface area contributed by atoms with Crippen LogP contribution in [0.25, 0.3) is 11.0 Å². The molecule has 5 heteroatoms. The number of aromatic nitrogens is 2. The summed E-state index contributed by atoms with van der Waals surface area (Å²) in [5, 5.41) is 4.55. The molecule has 1 saturated heterocycles. The van der Waals surface area contributed by atoms with E-state index in [0.29, 0.717) is 11.8 Å². The lowest BCUT2D eigenvalue weighted by atomic mass is 9.78. The summed E-state index contributed by atoms with van der Waals surface area (Å²) in [4.78, 5) is 20.0. The van der Waals surface area contributed by atoms with E-state index in [4.69, 9.17) is 4.98 Å². The molecule has 0 spiro atoms. The van der Waals surface area contributed by atoms with Gasteiger partial charge in [0.1, 0.15) is 5.65 Å². The predicted molar refractivity (Wildman–Crippen MR) is 115 cm³/mol. The summed E-state index contributed by atoms with van der Waals surface area (Å²) in [5.74, 6) is 1.12. The van der Waals surface area contributed by atoms with Gasteiger partial charge in [0.2, 0.25) is 5.91 Å². The topological polar surface area (TPSA) is 50.2 Å². The molecule has 2 aromatic heterocycles. The molecule has 1 saturated carbocycles. The molecular formula is C23H34N4O. The molecule has 4 rings (SSSR count). The van der Waals surface area contributed by atoms with E-state index in [-0.39, 0.29) is 11.5 Å². The molecule has 1 aliphatic heterocycles. The van der Waals surface area contributed by atoms with E-state index in [1.165, 1.54) is 29.4 Å². The van der Waals surface area contributed by atoms with Crippen LogP contribution >= 0.6 is 0 Å². The van der Waals surface area contributed by atoms with Gasteiger partial charge in [-0.3, -0.25) is 4.79 Å². The molecule has 2 fully saturated rings. The van der Waals surface area contributed by atoms with Crippen LogP contribution in [0.15, 0.2) is 12.4 Å². The van der Waals surface area contributed by atoms with Crippen molar-refractivity contribution in [2.24, 2.45) is 13.0 Å². The third-order valence-corrected chi connectivity index (χ3v) is 7.13. The second kappa shape index (κ2) is 7.09. The fraction of sp³-hybridized carbons (Fsp3) is 0.652. The van der Waals surface area contributed by atoms with Crippen molar-refractivity contribution in [1.29, 1.82) is 0 Å². The Morgan fingerprint density at radius 2 is 1.96 bits per heavy atom. The molecule has 152 valence electrons. The number of rotatable bonds is 3. The van der Waals surface area contributed by atoms with E-state index in [1.54, 1.807) is 0 Å². The van der Waals surface area contributed by atoms with Gasteiger partial charge < -0.3 is 14.8 Å². The fourth-order valence-electron chi connectivity index (χ4n) is 5.57. The zero-order valence-corrected chi connectivity index (χ0v) is 18.0. The summed E-state index contributed by atoms with van der Waals surface area (Å²) in [7, 11) is 4.04. The van der Waals surface area contributed by atoms with Crippen molar-refractivity contribution in [1.82, 2.24) is 14.5 Å². The minimum absolute atomic E-state index is 0.104.